The number of nitrogens with zero attached hydrogens (tertiary/aromatic N) is 3. The summed E-state index contributed by atoms with van der Waals surface area (Å²) in [5.74, 6) is 1.09. The lowest BCUT2D eigenvalue weighted by molar-refractivity contribution is -0.691. The van der Waals surface area contributed by atoms with E-state index >= 15 is 0 Å². The number of fused-ring (bicyclic) bond motifs is 1. The first kappa shape index (κ1) is 16.1. The van der Waals surface area contributed by atoms with E-state index in [1.54, 1.807) is 4.68 Å². The largest absolute Gasteiger partial charge is 0.673 e. The van der Waals surface area contributed by atoms with Crippen LogP contribution in [0.3, 0.4) is 0 Å². The molecule has 3 rings (SSSR count). The predicted molar refractivity (Wildman–Crippen MR) is 72.3 cm³/mol. The number of para-hydroxylation sites is 1. The third kappa shape index (κ3) is 4.34. The number of benzene rings is 1. The molecule has 21 heavy (non-hydrogen) atoms. The van der Waals surface area contributed by atoms with Gasteiger partial charge in [-0.25, -0.2) is 4.57 Å². The standard InChI is InChI=1S/C11H10Cl2N3.BF4/c12-8-3-1-4-9(13)11(8)16-7-15-6-2-5-10(15)14-16;2-1(3,4)5/h1,3-4,7H,2,5-6H2;/q+1;-1. The van der Waals surface area contributed by atoms with Crippen molar-refractivity contribution in [3.05, 3.63) is 40.4 Å². The van der Waals surface area contributed by atoms with Gasteiger partial charge < -0.3 is 17.3 Å². The molecule has 0 unspecified atom stereocenters. The Morgan fingerprint density at radius 3 is 2.24 bits per heavy atom. The van der Waals surface area contributed by atoms with Crippen molar-refractivity contribution < 1.29 is 21.8 Å². The molecule has 0 bridgehead atoms. The molecule has 0 radical (unpaired) electrons. The highest BCUT2D eigenvalue weighted by atomic mass is 35.5. The van der Waals surface area contributed by atoms with Crippen LogP contribution in [0, 0.1) is 0 Å². The second-order valence-electron chi connectivity index (χ2n) is 4.34. The van der Waals surface area contributed by atoms with Gasteiger partial charge in [-0.2, -0.15) is 0 Å². The van der Waals surface area contributed by atoms with Gasteiger partial charge in [0.25, 0.3) is 5.82 Å². The van der Waals surface area contributed by atoms with E-state index in [2.05, 4.69) is 9.67 Å². The summed E-state index contributed by atoms with van der Waals surface area (Å²) < 4.78 is 42.9. The van der Waals surface area contributed by atoms with Gasteiger partial charge in [0.2, 0.25) is 6.33 Å². The number of hydrogen-bond donors (Lipinski definition) is 0. The van der Waals surface area contributed by atoms with Crippen LogP contribution < -0.4 is 4.57 Å². The number of hydrogen-bond acceptors (Lipinski definition) is 1. The molecule has 10 heteroatoms. The maximum Gasteiger partial charge on any atom is 0.673 e. The Morgan fingerprint density at radius 1 is 1.14 bits per heavy atom. The van der Waals surface area contributed by atoms with Crippen LogP contribution >= 0.6 is 23.2 Å². The first-order chi connectivity index (χ1) is 9.75. The fraction of sp³-hybridized carbons (Fsp3) is 0.273. The van der Waals surface area contributed by atoms with Gasteiger partial charge in [0.15, 0.2) is 5.69 Å². The summed E-state index contributed by atoms with van der Waals surface area (Å²) in [7, 11) is -6.00. The molecule has 1 aromatic heterocycles. The fourth-order valence-electron chi connectivity index (χ4n) is 2.01. The molecule has 0 amide bonds. The van der Waals surface area contributed by atoms with Crippen LogP contribution in [0.5, 0.6) is 0 Å². The summed E-state index contributed by atoms with van der Waals surface area (Å²) in [6.45, 7) is 1.03. The van der Waals surface area contributed by atoms with Gasteiger partial charge in [-0.1, -0.05) is 34.0 Å². The molecule has 1 aliphatic heterocycles. The third-order valence-electron chi connectivity index (χ3n) is 2.77. The summed E-state index contributed by atoms with van der Waals surface area (Å²) >= 11 is 12.3. The predicted octanol–water partition coefficient (Wildman–Crippen LogP) is 3.71. The average molecular weight is 342 g/mol. The van der Waals surface area contributed by atoms with Crippen molar-refractivity contribution >= 4 is 30.5 Å². The van der Waals surface area contributed by atoms with E-state index in [0.717, 1.165) is 24.5 Å². The van der Waals surface area contributed by atoms with Gasteiger partial charge in [0, 0.05) is 11.5 Å². The zero-order chi connectivity index (χ0) is 15.6. The number of aryl methyl sites for hydroxylation is 2. The molecular formula is C11H10BCl2F4N3. The Bertz CT molecular complexity index is 597. The van der Waals surface area contributed by atoms with Crippen molar-refractivity contribution in [2.75, 3.05) is 0 Å². The minimum atomic E-state index is -6.00. The summed E-state index contributed by atoms with van der Waals surface area (Å²) in [6.07, 6.45) is 4.14. The molecule has 0 fully saturated rings. The Kier molecular flexibility index (Phi) is 4.78. The zero-order valence-electron chi connectivity index (χ0n) is 10.6. The Hall–Kier alpha value is -1.28. The van der Waals surface area contributed by atoms with Crippen molar-refractivity contribution in [1.82, 2.24) is 9.78 Å². The van der Waals surface area contributed by atoms with E-state index < -0.39 is 7.25 Å². The Balaban J connectivity index is 0.000000282. The number of aromatic nitrogens is 3. The Labute approximate surface area is 128 Å². The molecule has 0 N–H and O–H groups in total. The van der Waals surface area contributed by atoms with Crippen LogP contribution in [-0.4, -0.2) is 17.0 Å². The second-order valence-corrected chi connectivity index (χ2v) is 5.15. The fourth-order valence-corrected chi connectivity index (χ4v) is 2.58. The summed E-state index contributed by atoms with van der Waals surface area (Å²) in [4.78, 5) is 0. The molecule has 1 aromatic carbocycles. The van der Waals surface area contributed by atoms with Crippen LogP contribution in [0.4, 0.5) is 17.3 Å². The first-order valence-electron chi connectivity index (χ1n) is 6.05. The summed E-state index contributed by atoms with van der Waals surface area (Å²) in [5.41, 5.74) is 0.757. The lowest BCUT2D eigenvalue weighted by Gasteiger charge is -1.99. The molecular weight excluding hydrogens is 332 g/mol. The maximum absolute atomic E-state index is 9.75. The smallest absolute Gasteiger partial charge is 0.418 e. The van der Waals surface area contributed by atoms with Crippen LogP contribution in [0.2, 0.25) is 10.0 Å². The van der Waals surface area contributed by atoms with Gasteiger partial charge in [-0.15, -0.1) is 0 Å². The van der Waals surface area contributed by atoms with Gasteiger partial charge >= 0.3 is 7.25 Å². The van der Waals surface area contributed by atoms with E-state index in [4.69, 9.17) is 23.2 Å². The second kappa shape index (κ2) is 6.23. The van der Waals surface area contributed by atoms with Crippen LogP contribution in [0.1, 0.15) is 12.2 Å². The van der Waals surface area contributed by atoms with E-state index in [-0.39, 0.29) is 0 Å². The SMILES string of the molecule is Clc1cccc(Cl)c1-n1c[n+]2c(n1)CCC2.F[B-](F)(F)F. The van der Waals surface area contributed by atoms with Gasteiger partial charge in [-0.05, 0) is 18.6 Å². The molecule has 0 aliphatic carbocycles. The number of rotatable bonds is 1. The maximum atomic E-state index is 9.75. The molecule has 114 valence electrons. The van der Waals surface area contributed by atoms with E-state index in [1.165, 1.54) is 6.42 Å². The van der Waals surface area contributed by atoms with Crippen molar-refractivity contribution in [3.63, 3.8) is 0 Å². The van der Waals surface area contributed by atoms with E-state index in [1.807, 2.05) is 24.5 Å². The number of halogens is 6. The molecule has 0 atom stereocenters. The summed E-state index contributed by atoms with van der Waals surface area (Å²) in [6, 6.07) is 5.47. The van der Waals surface area contributed by atoms with Gasteiger partial charge in [0.05, 0.1) is 16.6 Å². The molecule has 2 heterocycles. The van der Waals surface area contributed by atoms with Crippen LogP contribution in [0.25, 0.3) is 5.69 Å². The topological polar surface area (TPSA) is 21.7 Å². The van der Waals surface area contributed by atoms with Crippen LogP contribution in [0.15, 0.2) is 24.5 Å². The quantitative estimate of drug-likeness (QED) is 0.440. The normalized spacial score (nSPS) is 13.6. The van der Waals surface area contributed by atoms with Crippen molar-refractivity contribution in [2.24, 2.45) is 0 Å². The average Bonchev–Trinajstić information content (AvgIpc) is 2.86. The van der Waals surface area contributed by atoms with Crippen molar-refractivity contribution in [1.29, 1.82) is 0 Å². The lowest BCUT2D eigenvalue weighted by atomic mass is 10.3. The zero-order valence-corrected chi connectivity index (χ0v) is 12.1. The molecule has 3 nitrogen and oxygen atoms in total. The van der Waals surface area contributed by atoms with E-state index in [9.17, 15) is 17.3 Å². The molecule has 0 saturated carbocycles. The first-order valence-corrected chi connectivity index (χ1v) is 6.81. The summed E-state index contributed by atoms with van der Waals surface area (Å²) in [5, 5.41) is 5.73. The monoisotopic (exact) mass is 341 g/mol. The highest BCUT2D eigenvalue weighted by Gasteiger charge is 2.25. The lowest BCUT2D eigenvalue weighted by Crippen LogP contribution is -2.29. The van der Waals surface area contributed by atoms with E-state index in [0.29, 0.717) is 10.0 Å². The minimum Gasteiger partial charge on any atom is -0.418 e. The molecule has 1 aliphatic rings. The highest BCUT2D eigenvalue weighted by Crippen LogP contribution is 2.27. The molecule has 2 aromatic rings. The minimum absolute atomic E-state index is 0.620. The van der Waals surface area contributed by atoms with Gasteiger partial charge in [0.1, 0.15) is 0 Å². The third-order valence-corrected chi connectivity index (χ3v) is 3.38. The molecule has 0 saturated heterocycles. The molecule has 0 spiro atoms. The van der Waals surface area contributed by atoms with Crippen molar-refractivity contribution in [2.45, 2.75) is 19.4 Å². The highest BCUT2D eigenvalue weighted by molar-refractivity contribution is 6.50. The van der Waals surface area contributed by atoms with Crippen LogP contribution in [-0.2, 0) is 13.0 Å². The van der Waals surface area contributed by atoms with Crippen molar-refractivity contribution in [3.8, 4) is 5.69 Å². The van der Waals surface area contributed by atoms with Gasteiger partial charge in [-0.3, -0.25) is 0 Å². The Morgan fingerprint density at radius 2 is 1.71 bits per heavy atom.